The summed E-state index contributed by atoms with van der Waals surface area (Å²) in [6.45, 7) is 0.653. The summed E-state index contributed by atoms with van der Waals surface area (Å²) in [5.74, 6) is 2.29. The van der Waals surface area contributed by atoms with Crippen LogP contribution in [0.1, 0.15) is 5.56 Å². The normalized spacial score (nSPS) is 10.5. The Labute approximate surface area is 142 Å². The number of hydrogen-bond acceptors (Lipinski definition) is 4. The van der Waals surface area contributed by atoms with E-state index in [1.165, 1.54) is 10.8 Å². The highest BCUT2D eigenvalue weighted by Gasteiger charge is 2.09. The lowest BCUT2D eigenvalue weighted by molar-refractivity contribution is 0.355. The Balaban J connectivity index is 1.90. The second-order valence-corrected chi connectivity index (χ2v) is 5.39. The van der Waals surface area contributed by atoms with Gasteiger partial charge in [-0.15, -0.1) is 0 Å². The lowest BCUT2D eigenvalue weighted by atomic mass is 10.0. The SMILES string of the molecule is COc1ccc(NCc2c(OC)ccc3ccccc23)cc1OC. The molecule has 0 saturated heterocycles. The molecule has 4 heteroatoms. The van der Waals surface area contributed by atoms with E-state index >= 15 is 0 Å². The molecular formula is C20H21NO3. The highest BCUT2D eigenvalue weighted by Crippen LogP contribution is 2.32. The number of ether oxygens (including phenoxy) is 3. The van der Waals surface area contributed by atoms with Gasteiger partial charge in [0.1, 0.15) is 5.75 Å². The van der Waals surface area contributed by atoms with Crippen LogP contribution < -0.4 is 19.5 Å². The van der Waals surface area contributed by atoms with Crippen LogP contribution in [-0.2, 0) is 6.54 Å². The molecule has 0 aliphatic rings. The molecule has 0 aliphatic carbocycles. The van der Waals surface area contributed by atoms with Crippen molar-refractivity contribution in [2.24, 2.45) is 0 Å². The highest BCUT2D eigenvalue weighted by molar-refractivity contribution is 5.88. The minimum atomic E-state index is 0.653. The van der Waals surface area contributed by atoms with E-state index in [1.807, 2.05) is 36.4 Å². The van der Waals surface area contributed by atoms with E-state index in [-0.39, 0.29) is 0 Å². The molecule has 0 spiro atoms. The predicted octanol–water partition coefficient (Wildman–Crippen LogP) is 4.48. The number of anilines is 1. The van der Waals surface area contributed by atoms with Gasteiger partial charge in [0.2, 0.25) is 0 Å². The maximum absolute atomic E-state index is 5.54. The first kappa shape index (κ1) is 16.0. The summed E-state index contributed by atoms with van der Waals surface area (Å²) in [5.41, 5.74) is 2.09. The number of hydrogen-bond donors (Lipinski definition) is 1. The number of benzene rings is 3. The Morgan fingerprint density at radius 3 is 2.21 bits per heavy atom. The van der Waals surface area contributed by atoms with Gasteiger partial charge in [-0.25, -0.2) is 0 Å². The molecule has 3 aromatic rings. The van der Waals surface area contributed by atoms with Crippen LogP contribution in [0.4, 0.5) is 5.69 Å². The molecule has 0 bridgehead atoms. The largest absolute Gasteiger partial charge is 0.496 e. The number of rotatable bonds is 6. The zero-order valence-corrected chi connectivity index (χ0v) is 14.1. The van der Waals surface area contributed by atoms with Crippen LogP contribution in [0.3, 0.4) is 0 Å². The third kappa shape index (κ3) is 3.08. The quantitative estimate of drug-likeness (QED) is 0.726. The van der Waals surface area contributed by atoms with Gasteiger partial charge >= 0.3 is 0 Å². The van der Waals surface area contributed by atoms with Crippen LogP contribution in [0.5, 0.6) is 17.2 Å². The maximum Gasteiger partial charge on any atom is 0.162 e. The average molecular weight is 323 g/mol. The van der Waals surface area contributed by atoms with Gasteiger partial charge in [0.25, 0.3) is 0 Å². The van der Waals surface area contributed by atoms with E-state index in [9.17, 15) is 0 Å². The average Bonchev–Trinajstić information content (AvgIpc) is 2.65. The van der Waals surface area contributed by atoms with Crippen LogP contribution in [0.15, 0.2) is 54.6 Å². The molecule has 0 aliphatic heterocycles. The molecule has 24 heavy (non-hydrogen) atoms. The summed E-state index contributed by atoms with van der Waals surface area (Å²) >= 11 is 0. The highest BCUT2D eigenvalue weighted by atomic mass is 16.5. The fraction of sp³-hybridized carbons (Fsp3) is 0.200. The fourth-order valence-electron chi connectivity index (χ4n) is 2.83. The molecule has 124 valence electrons. The molecule has 3 rings (SSSR count). The Bertz CT molecular complexity index is 845. The molecule has 4 nitrogen and oxygen atoms in total. The zero-order valence-electron chi connectivity index (χ0n) is 14.1. The summed E-state index contributed by atoms with van der Waals surface area (Å²) in [4.78, 5) is 0. The van der Waals surface area contributed by atoms with E-state index in [4.69, 9.17) is 14.2 Å². The Kier molecular flexibility index (Phi) is 4.75. The number of nitrogens with one attached hydrogen (secondary N) is 1. The van der Waals surface area contributed by atoms with Gasteiger partial charge in [0.15, 0.2) is 11.5 Å². The van der Waals surface area contributed by atoms with Gasteiger partial charge in [-0.1, -0.05) is 30.3 Å². The van der Waals surface area contributed by atoms with Crippen LogP contribution in [0.25, 0.3) is 10.8 Å². The van der Waals surface area contributed by atoms with Crippen molar-refractivity contribution in [2.45, 2.75) is 6.54 Å². The third-order valence-corrected chi connectivity index (χ3v) is 4.07. The van der Waals surface area contributed by atoms with E-state index in [2.05, 4.69) is 23.5 Å². The zero-order chi connectivity index (χ0) is 16.9. The molecular weight excluding hydrogens is 302 g/mol. The van der Waals surface area contributed by atoms with Gasteiger partial charge in [0.05, 0.1) is 21.3 Å². The number of methoxy groups -OCH3 is 3. The van der Waals surface area contributed by atoms with E-state index in [0.717, 1.165) is 17.0 Å². The van der Waals surface area contributed by atoms with E-state index < -0.39 is 0 Å². The Morgan fingerprint density at radius 2 is 1.46 bits per heavy atom. The van der Waals surface area contributed by atoms with Crippen molar-refractivity contribution in [2.75, 3.05) is 26.6 Å². The topological polar surface area (TPSA) is 39.7 Å². The molecule has 0 fully saturated rings. The first-order chi connectivity index (χ1) is 11.8. The molecule has 0 amide bonds. The van der Waals surface area contributed by atoms with Crippen molar-refractivity contribution in [1.29, 1.82) is 0 Å². The van der Waals surface area contributed by atoms with Crippen LogP contribution in [-0.4, -0.2) is 21.3 Å². The number of fused-ring (bicyclic) bond motifs is 1. The van der Waals surface area contributed by atoms with Gasteiger partial charge in [-0.2, -0.15) is 0 Å². The summed E-state index contributed by atoms with van der Waals surface area (Å²) in [6.07, 6.45) is 0. The van der Waals surface area contributed by atoms with Crippen molar-refractivity contribution >= 4 is 16.5 Å². The Hall–Kier alpha value is -2.88. The molecule has 0 heterocycles. The monoisotopic (exact) mass is 323 g/mol. The first-order valence-electron chi connectivity index (χ1n) is 7.77. The van der Waals surface area contributed by atoms with Crippen molar-refractivity contribution in [3.63, 3.8) is 0 Å². The second kappa shape index (κ2) is 7.13. The minimum absolute atomic E-state index is 0.653. The summed E-state index contributed by atoms with van der Waals surface area (Å²) in [5, 5.41) is 5.82. The molecule has 0 aromatic heterocycles. The minimum Gasteiger partial charge on any atom is -0.496 e. The van der Waals surface area contributed by atoms with Crippen molar-refractivity contribution in [3.8, 4) is 17.2 Å². The Morgan fingerprint density at radius 1 is 0.750 bits per heavy atom. The fourth-order valence-corrected chi connectivity index (χ4v) is 2.83. The van der Waals surface area contributed by atoms with E-state index in [1.54, 1.807) is 21.3 Å². The molecule has 3 aromatic carbocycles. The molecule has 0 saturated carbocycles. The van der Waals surface area contributed by atoms with Crippen molar-refractivity contribution in [1.82, 2.24) is 0 Å². The van der Waals surface area contributed by atoms with Gasteiger partial charge in [0, 0.05) is 23.9 Å². The van der Waals surface area contributed by atoms with Crippen LogP contribution in [0.2, 0.25) is 0 Å². The van der Waals surface area contributed by atoms with Gasteiger partial charge < -0.3 is 19.5 Å². The van der Waals surface area contributed by atoms with Crippen molar-refractivity contribution in [3.05, 3.63) is 60.2 Å². The van der Waals surface area contributed by atoms with Crippen molar-refractivity contribution < 1.29 is 14.2 Å². The molecule has 0 unspecified atom stereocenters. The third-order valence-electron chi connectivity index (χ3n) is 4.07. The predicted molar refractivity (Wildman–Crippen MR) is 97.4 cm³/mol. The molecule has 0 atom stereocenters. The second-order valence-electron chi connectivity index (χ2n) is 5.39. The summed E-state index contributed by atoms with van der Waals surface area (Å²) in [6, 6.07) is 18.2. The van der Waals surface area contributed by atoms with Gasteiger partial charge in [-0.05, 0) is 29.0 Å². The van der Waals surface area contributed by atoms with Crippen LogP contribution >= 0.6 is 0 Å². The smallest absolute Gasteiger partial charge is 0.162 e. The summed E-state index contributed by atoms with van der Waals surface area (Å²) < 4.78 is 16.2. The summed E-state index contributed by atoms with van der Waals surface area (Å²) in [7, 11) is 4.96. The molecule has 1 N–H and O–H groups in total. The first-order valence-corrected chi connectivity index (χ1v) is 7.77. The lowest BCUT2D eigenvalue weighted by Gasteiger charge is -2.15. The maximum atomic E-state index is 5.54. The molecule has 0 radical (unpaired) electrons. The lowest BCUT2D eigenvalue weighted by Crippen LogP contribution is -2.03. The van der Waals surface area contributed by atoms with E-state index in [0.29, 0.717) is 18.0 Å². The van der Waals surface area contributed by atoms with Gasteiger partial charge in [-0.3, -0.25) is 0 Å². The standard InChI is InChI=1S/C20H21NO3/c1-22-18-10-8-14-6-4-5-7-16(14)17(18)13-21-15-9-11-19(23-2)20(12-15)24-3/h4-12,21H,13H2,1-3H3. The van der Waals surface area contributed by atoms with Crippen LogP contribution in [0, 0.1) is 0 Å².